The maximum Gasteiger partial charge on any atom is 0.435 e. The van der Waals surface area contributed by atoms with Gasteiger partial charge in [0.25, 0.3) is 0 Å². The van der Waals surface area contributed by atoms with Crippen LogP contribution in [0.1, 0.15) is 42.1 Å². The number of nitrogens with zero attached hydrogens (tertiary/aromatic N) is 2. The Morgan fingerprint density at radius 2 is 2.07 bits per heavy atom. The first-order valence-corrected chi connectivity index (χ1v) is 9.48. The Labute approximate surface area is 166 Å². The third kappa shape index (κ3) is 5.35. The number of alkyl halides is 3. The zero-order valence-electron chi connectivity index (χ0n) is 14.7. The zero-order chi connectivity index (χ0) is 19.6. The van der Waals surface area contributed by atoms with E-state index in [1.165, 1.54) is 10.7 Å². The van der Waals surface area contributed by atoms with Crippen molar-refractivity contribution in [2.75, 3.05) is 11.9 Å². The quantitative estimate of drug-likeness (QED) is 0.506. The number of thiocarbonyl (C=S) groups is 1. The van der Waals surface area contributed by atoms with E-state index in [-0.39, 0.29) is 5.92 Å². The summed E-state index contributed by atoms with van der Waals surface area (Å²) in [7, 11) is 0. The summed E-state index contributed by atoms with van der Waals surface area (Å²) < 4.78 is 40.2. The van der Waals surface area contributed by atoms with Gasteiger partial charge in [-0.05, 0) is 62.2 Å². The van der Waals surface area contributed by atoms with Crippen molar-refractivity contribution in [3.05, 3.63) is 46.2 Å². The molecule has 0 bridgehead atoms. The van der Waals surface area contributed by atoms with Crippen LogP contribution in [-0.4, -0.2) is 21.4 Å². The standard InChI is InChI=1S/C18H20ClF3N4S/c1-11-3-6-13(19)9-14(11)24-17(27)23-7-2-8-26-15(12-4-5-12)10-16(25-26)18(20,21)22/h3,6,9-10,12H,2,4-5,7-8H2,1H3,(H2,23,24,27). The number of rotatable bonds is 6. The molecule has 0 saturated heterocycles. The van der Waals surface area contributed by atoms with Crippen molar-refractivity contribution in [2.24, 2.45) is 0 Å². The monoisotopic (exact) mass is 416 g/mol. The molecule has 0 spiro atoms. The van der Waals surface area contributed by atoms with Gasteiger partial charge in [0.15, 0.2) is 10.8 Å². The summed E-state index contributed by atoms with van der Waals surface area (Å²) in [5.74, 6) is 0.204. The number of nitrogens with one attached hydrogen (secondary N) is 2. The highest BCUT2D eigenvalue weighted by molar-refractivity contribution is 7.80. The smallest absolute Gasteiger partial charge is 0.362 e. The average Bonchev–Trinajstić information content (AvgIpc) is 3.33. The maximum atomic E-state index is 12.9. The van der Waals surface area contributed by atoms with Crippen molar-refractivity contribution < 1.29 is 13.2 Å². The van der Waals surface area contributed by atoms with Crippen LogP contribution < -0.4 is 10.6 Å². The highest BCUT2D eigenvalue weighted by atomic mass is 35.5. The van der Waals surface area contributed by atoms with Crippen molar-refractivity contribution in [3.8, 4) is 0 Å². The fourth-order valence-corrected chi connectivity index (χ4v) is 3.17. The van der Waals surface area contributed by atoms with E-state index in [2.05, 4.69) is 15.7 Å². The largest absolute Gasteiger partial charge is 0.435 e. The fourth-order valence-electron chi connectivity index (χ4n) is 2.78. The molecule has 1 aliphatic carbocycles. The van der Waals surface area contributed by atoms with Crippen LogP contribution in [0.15, 0.2) is 24.3 Å². The second-order valence-electron chi connectivity index (χ2n) is 6.64. The van der Waals surface area contributed by atoms with Crippen molar-refractivity contribution in [3.63, 3.8) is 0 Å². The summed E-state index contributed by atoms with van der Waals surface area (Å²) in [5, 5.41) is 10.9. The van der Waals surface area contributed by atoms with Gasteiger partial charge in [-0.2, -0.15) is 18.3 Å². The van der Waals surface area contributed by atoms with Crippen LogP contribution in [0.3, 0.4) is 0 Å². The summed E-state index contributed by atoms with van der Waals surface area (Å²) in [6.45, 7) is 2.88. The van der Waals surface area contributed by atoms with Gasteiger partial charge in [-0.25, -0.2) is 0 Å². The summed E-state index contributed by atoms with van der Waals surface area (Å²) in [4.78, 5) is 0. The van der Waals surface area contributed by atoms with E-state index >= 15 is 0 Å². The highest BCUT2D eigenvalue weighted by Crippen LogP contribution is 2.42. The third-order valence-electron chi connectivity index (χ3n) is 4.38. The number of benzene rings is 1. The molecule has 1 fully saturated rings. The van der Waals surface area contributed by atoms with Gasteiger partial charge in [-0.3, -0.25) is 4.68 Å². The van der Waals surface area contributed by atoms with Crippen LogP contribution in [-0.2, 0) is 12.7 Å². The van der Waals surface area contributed by atoms with Gasteiger partial charge in [0.05, 0.1) is 0 Å². The first-order valence-electron chi connectivity index (χ1n) is 8.70. The van der Waals surface area contributed by atoms with Crippen LogP contribution in [0.2, 0.25) is 5.02 Å². The Morgan fingerprint density at radius 3 is 2.74 bits per heavy atom. The Kier molecular flexibility index (Phi) is 5.95. The molecule has 146 valence electrons. The fraction of sp³-hybridized carbons (Fsp3) is 0.444. The topological polar surface area (TPSA) is 41.9 Å². The van der Waals surface area contributed by atoms with E-state index < -0.39 is 11.9 Å². The molecule has 0 atom stereocenters. The minimum absolute atomic E-state index is 0.204. The number of aryl methyl sites for hydroxylation is 2. The predicted molar refractivity (Wildman–Crippen MR) is 104 cm³/mol. The Hall–Kier alpha value is -1.80. The predicted octanol–water partition coefficient (Wildman–Crippen LogP) is 5.12. The summed E-state index contributed by atoms with van der Waals surface area (Å²) in [6.07, 6.45) is -1.95. The molecule has 2 aromatic rings. The molecule has 3 rings (SSSR count). The SMILES string of the molecule is Cc1ccc(Cl)cc1NC(=S)NCCCn1nc(C(F)(F)F)cc1C1CC1. The van der Waals surface area contributed by atoms with Gasteiger partial charge in [0, 0.05) is 35.4 Å². The third-order valence-corrected chi connectivity index (χ3v) is 4.86. The van der Waals surface area contributed by atoms with Gasteiger partial charge >= 0.3 is 6.18 Å². The second kappa shape index (κ2) is 8.06. The highest BCUT2D eigenvalue weighted by Gasteiger charge is 2.37. The molecule has 1 aromatic heterocycles. The van der Waals surface area contributed by atoms with Crippen molar-refractivity contribution in [1.82, 2.24) is 15.1 Å². The van der Waals surface area contributed by atoms with Crippen LogP contribution in [0.25, 0.3) is 0 Å². The normalized spacial score (nSPS) is 14.3. The van der Waals surface area contributed by atoms with Crippen LogP contribution in [0.5, 0.6) is 0 Å². The molecule has 0 radical (unpaired) electrons. The lowest BCUT2D eigenvalue weighted by atomic mass is 10.2. The van der Waals surface area contributed by atoms with E-state index in [0.29, 0.717) is 35.3 Å². The Morgan fingerprint density at radius 1 is 1.33 bits per heavy atom. The molecule has 1 saturated carbocycles. The van der Waals surface area contributed by atoms with E-state index in [0.717, 1.165) is 24.1 Å². The molecule has 1 heterocycles. The van der Waals surface area contributed by atoms with Crippen LogP contribution >= 0.6 is 23.8 Å². The van der Waals surface area contributed by atoms with Crippen molar-refractivity contribution in [2.45, 2.75) is 44.8 Å². The number of halogens is 4. The van der Waals surface area contributed by atoms with E-state index in [9.17, 15) is 13.2 Å². The van der Waals surface area contributed by atoms with Crippen LogP contribution in [0.4, 0.5) is 18.9 Å². The number of anilines is 1. The summed E-state index contributed by atoms with van der Waals surface area (Å²) >= 11 is 11.2. The average molecular weight is 417 g/mol. The molecular formula is C18H20ClF3N4S. The lowest BCUT2D eigenvalue weighted by molar-refractivity contribution is -0.141. The van der Waals surface area contributed by atoms with Gasteiger partial charge in [0.1, 0.15) is 0 Å². The molecule has 9 heteroatoms. The van der Waals surface area contributed by atoms with E-state index in [4.69, 9.17) is 23.8 Å². The minimum Gasteiger partial charge on any atom is -0.362 e. The molecule has 1 aromatic carbocycles. The van der Waals surface area contributed by atoms with Gasteiger partial charge in [-0.1, -0.05) is 17.7 Å². The lowest BCUT2D eigenvalue weighted by Crippen LogP contribution is -2.30. The molecule has 0 amide bonds. The summed E-state index contributed by atoms with van der Waals surface area (Å²) in [6, 6.07) is 6.66. The van der Waals surface area contributed by atoms with Crippen LogP contribution in [0, 0.1) is 6.92 Å². The summed E-state index contributed by atoms with van der Waals surface area (Å²) in [5.41, 5.74) is 1.69. The Bertz CT molecular complexity index is 830. The Balaban J connectivity index is 1.51. The second-order valence-corrected chi connectivity index (χ2v) is 7.49. The molecule has 2 N–H and O–H groups in total. The van der Waals surface area contributed by atoms with E-state index in [1.54, 1.807) is 12.1 Å². The molecule has 0 aliphatic heterocycles. The molecule has 27 heavy (non-hydrogen) atoms. The first kappa shape index (κ1) is 19.9. The molecule has 0 unspecified atom stereocenters. The molecule has 1 aliphatic rings. The van der Waals surface area contributed by atoms with Crippen molar-refractivity contribution >= 4 is 34.6 Å². The minimum atomic E-state index is -4.41. The lowest BCUT2D eigenvalue weighted by Gasteiger charge is -2.13. The van der Waals surface area contributed by atoms with E-state index in [1.807, 2.05) is 13.0 Å². The van der Waals surface area contributed by atoms with Gasteiger partial charge in [-0.15, -0.1) is 0 Å². The molecular weight excluding hydrogens is 397 g/mol. The number of aromatic nitrogens is 2. The first-order chi connectivity index (χ1) is 12.7. The van der Waals surface area contributed by atoms with Gasteiger partial charge in [0.2, 0.25) is 0 Å². The number of hydrogen-bond donors (Lipinski definition) is 2. The molecule has 4 nitrogen and oxygen atoms in total. The zero-order valence-corrected chi connectivity index (χ0v) is 16.3. The van der Waals surface area contributed by atoms with Gasteiger partial charge < -0.3 is 10.6 Å². The number of hydrogen-bond acceptors (Lipinski definition) is 2. The maximum absolute atomic E-state index is 12.9. The van der Waals surface area contributed by atoms with Crippen molar-refractivity contribution in [1.29, 1.82) is 0 Å².